The van der Waals surface area contributed by atoms with Gasteiger partial charge in [0.1, 0.15) is 6.54 Å². The van der Waals surface area contributed by atoms with E-state index in [2.05, 4.69) is 10.3 Å². The van der Waals surface area contributed by atoms with Crippen molar-refractivity contribution >= 4 is 11.9 Å². The lowest BCUT2D eigenvalue weighted by Crippen LogP contribution is -2.38. The second-order valence-electron chi connectivity index (χ2n) is 5.45. The Hall–Kier alpha value is -2.08. The van der Waals surface area contributed by atoms with Gasteiger partial charge in [0.2, 0.25) is 5.91 Å². The van der Waals surface area contributed by atoms with Crippen molar-refractivity contribution in [3.8, 4) is 0 Å². The van der Waals surface area contributed by atoms with Crippen LogP contribution in [0.2, 0.25) is 0 Å². The van der Waals surface area contributed by atoms with Crippen molar-refractivity contribution in [3.63, 3.8) is 0 Å². The topological polar surface area (TPSA) is 80.0 Å². The first-order valence-corrected chi connectivity index (χ1v) is 7.58. The van der Waals surface area contributed by atoms with Crippen LogP contribution in [0.4, 0.5) is 0 Å². The summed E-state index contributed by atoms with van der Waals surface area (Å²) >= 11 is 0. The molecule has 1 aliphatic heterocycles. The minimum absolute atomic E-state index is 0.0493. The molecule has 0 aliphatic carbocycles. The fourth-order valence-corrected chi connectivity index (χ4v) is 2.30. The van der Waals surface area contributed by atoms with Gasteiger partial charge in [-0.15, -0.1) is 0 Å². The summed E-state index contributed by atoms with van der Waals surface area (Å²) in [5, 5.41) is 3.00. The number of nitrogens with two attached hydrogens (primary N) is 1. The molecular weight excluding hydrogens is 280 g/mol. The average Bonchev–Trinajstić information content (AvgIpc) is 3.05. The highest BCUT2D eigenvalue weighted by molar-refractivity contribution is 5.83. The predicted octanol–water partition coefficient (Wildman–Crippen LogP) is 0.728. The summed E-state index contributed by atoms with van der Waals surface area (Å²) in [5.41, 5.74) is 6.86. The van der Waals surface area contributed by atoms with E-state index >= 15 is 0 Å². The number of aliphatic imine (C=N–C) groups is 1. The highest BCUT2D eigenvalue weighted by Crippen LogP contribution is 2.10. The van der Waals surface area contributed by atoms with Crippen LogP contribution in [-0.2, 0) is 16.1 Å². The Bertz CT molecular complexity index is 498. The van der Waals surface area contributed by atoms with Crippen LogP contribution in [-0.4, -0.2) is 49.6 Å². The second-order valence-corrected chi connectivity index (χ2v) is 5.45. The first-order chi connectivity index (χ1) is 10.6. The van der Waals surface area contributed by atoms with Crippen LogP contribution in [0, 0.1) is 0 Å². The van der Waals surface area contributed by atoms with E-state index in [4.69, 9.17) is 10.5 Å². The number of benzene rings is 1. The van der Waals surface area contributed by atoms with E-state index in [1.165, 1.54) is 0 Å². The fraction of sp³-hybridized carbons (Fsp3) is 0.500. The second kappa shape index (κ2) is 8.38. The summed E-state index contributed by atoms with van der Waals surface area (Å²) in [5.74, 6) is 0.225. The van der Waals surface area contributed by atoms with Crippen molar-refractivity contribution in [2.75, 3.05) is 26.7 Å². The third kappa shape index (κ3) is 5.37. The number of carbonyl (C=O) groups is 1. The molecule has 1 aromatic carbocycles. The first-order valence-electron chi connectivity index (χ1n) is 7.58. The summed E-state index contributed by atoms with van der Waals surface area (Å²) in [6.45, 7) is 2.07. The van der Waals surface area contributed by atoms with E-state index < -0.39 is 0 Å². The zero-order valence-electron chi connectivity index (χ0n) is 13.0. The standard InChI is InChI=1S/C16H24N4O2/c1-20(12-13-6-3-2-4-7-13)15(21)11-19-16(17)18-10-14-8-5-9-22-14/h2-4,6-7,14H,5,8-12H2,1H3,(H3,17,18,19). The Morgan fingerprint density at radius 3 is 2.91 bits per heavy atom. The van der Waals surface area contributed by atoms with Gasteiger partial charge in [0.05, 0.1) is 6.10 Å². The monoisotopic (exact) mass is 304 g/mol. The van der Waals surface area contributed by atoms with Crippen LogP contribution in [0.25, 0.3) is 0 Å². The molecular formula is C16H24N4O2. The van der Waals surface area contributed by atoms with Gasteiger partial charge < -0.3 is 20.7 Å². The smallest absolute Gasteiger partial charge is 0.244 e. The number of hydrogen-bond donors (Lipinski definition) is 2. The number of nitrogens with zero attached hydrogens (tertiary/aromatic N) is 2. The van der Waals surface area contributed by atoms with Gasteiger partial charge in [0, 0.05) is 26.7 Å². The number of rotatable bonds is 6. The van der Waals surface area contributed by atoms with Crippen LogP contribution in [0.1, 0.15) is 18.4 Å². The maximum atomic E-state index is 12.0. The molecule has 1 amide bonds. The number of guanidine groups is 1. The molecule has 2 rings (SSSR count). The molecule has 1 heterocycles. The van der Waals surface area contributed by atoms with Crippen LogP contribution >= 0.6 is 0 Å². The Balaban J connectivity index is 1.71. The first kappa shape index (κ1) is 16.3. The van der Waals surface area contributed by atoms with Crippen LogP contribution < -0.4 is 11.1 Å². The van der Waals surface area contributed by atoms with Crippen molar-refractivity contribution < 1.29 is 9.53 Å². The maximum absolute atomic E-state index is 12.0. The molecule has 0 spiro atoms. The lowest BCUT2D eigenvalue weighted by Gasteiger charge is -2.16. The largest absolute Gasteiger partial charge is 0.376 e. The summed E-state index contributed by atoms with van der Waals surface area (Å²) in [6.07, 6.45) is 2.33. The minimum atomic E-state index is -0.0641. The number of ether oxygens (including phenoxy) is 1. The molecule has 6 heteroatoms. The quantitative estimate of drug-likeness (QED) is 0.600. The molecule has 0 aromatic heterocycles. The van der Waals surface area contributed by atoms with Crippen LogP contribution in [0.3, 0.4) is 0 Å². The zero-order valence-corrected chi connectivity index (χ0v) is 13.0. The maximum Gasteiger partial charge on any atom is 0.244 e. The van der Waals surface area contributed by atoms with Crippen molar-refractivity contribution in [1.82, 2.24) is 10.2 Å². The molecule has 1 unspecified atom stereocenters. The molecule has 0 bridgehead atoms. The molecule has 120 valence electrons. The number of likely N-dealkylation sites (N-methyl/N-ethyl adjacent to an activating group) is 1. The molecule has 0 saturated carbocycles. The van der Waals surface area contributed by atoms with Crippen LogP contribution in [0.5, 0.6) is 0 Å². The van der Waals surface area contributed by atoms with E-state index in [1.54, 1.807) is 11.9 Å². The number of hydrogen-bond acceptors (Lipinski definition) is 3. The van der Waals surface area contributed by atoms with Gasteiger partial charge in [-0.1, -0.05) is 30.3 Å². The van der Waals surface area contributed by atoms with Gasteiger partial charge in [-0.3, -0.25) is 4.79 Å². The third-order valence-electron chi connectivity index (χ3n) is 3.61. The van der Waals surface area contributed by atoms with E-state index in [0.29, 0.717) is 13.1 Å². The Labute approximate surface area is 131 Å². The van der Waals surface area contributed by atoms with Crippen molar-refractivity contribution in [1.29, 1.82) is 0 Å². The molecule has 1 aliphatic rings. The van der Waals surface area contributed by atoms with Crippen molar-refractivity contribution in [3.05, 3.63) is 35.9 Å². The molecule has 6 nitrogen and oxygen atoms in total. The van der Waals surface area contributed by atoms with Gasteiger partial charge >= 0.3 is 0 Å². The van der Waals surface area contributed by atoms with Crippen molar-refractivity contribution in [2.24, 2.45) is 10.7 Å². The molecule has 0 radical (unpaired) electrons. The summed E-state index contributed by atoms with van der Waals surface area (Å²) < 4.78 is 5.49. The zero-order chi connectivity index (χ0) is 15.8. The Kier molecular flexibility index (Phi) is 6.21. The van der Waals surface area contributed by atoms with Gasteiger partial charge in [-0.05, 0) is 18.4 Å². The summed E-state index contributed by atoms with van der Waals surface area (Å²) in [6, 6.07) is 9.85. The Morgan fingerprint density at radius 2 is 2.23 bits per heavy atom. The minimum Gasteiger partial charge on any atom is -0.376 e. The van der Waals surface area contributed by atoms with E-state index in [-0.39, 0.29) is 24.5 Å². The van der Waals surface area contributed by atoms with E-state index in [0.717, 1.165) is 25.0 Å². The normalized spacial score (nSPS) is 18.2. The van der Waals surface area contributed by atoms with E-state index in [1.807, 2.05) is 30.3 Å². The highest BCUT2D eigenvalue weighted by Gasteiger charge is 2.15. The number of nitrogens with one attached hydrogen (secondary N) is 1. The molecule has 1 aromatic rings. The number of amides is 1. The van der Waals surface area contributed by atoms with E-state index in [9.17, 15) is 4.79 Å². The predicted molar refractivity (Wildman–Crippen MR) is 86.4 cm³/mol. The number of carbonyl (C=O) groups excluding carboxylic acids is 1. The average molecular weight is 304 g/mol. The van der Waals surface area contributed by atoms with Gasteiger partial charge in [-0.25, -0.2) is 4.99 Å². The lowest BCUT2D eigenvalue weighted by atomic mass is 10.2. The molecule has 22 heavy (non-hydrogen) atoms. The molecule has 1 atom stereocenters. The molecule has 1 fully saturated rings. The summed E-state index contributed by atoms with van der Waals surface area (Å²) in [4.78, 5) is 17.8. The SMILES string of the molecule is CN(Cc1ccccc1)C(=O)CN=C(N)NCC1CCCO1. The fourth-order valence-electron chi connectivity index (χ4n) is 2.30. The lowest BCUT2D eigenvalue weighted by molar-refractivity contribution is -0.128. The molecule has 3 N–H and O–H groups in total. The van der Waals surface area contributed by atoms with Gasteiger partial charge in [0.25, 0.3) is 0 Å². The van der Waals surface area contributed by atoms with Crippen molar-refractivity contribution in [2.45, 2.75) is 25.5 Å². The van der Waals surface area contributed by atoms with Gasteiger partial charge in [-0.2, -0.15) is 0 Å². The Morgan fingerprint density at radius 1 is 1.45 bits per heavy atom. The third-order valence-corrected chi connectivity index (χ3v) is 3.61. The molecule has 1 saturated heterocycles. The van der Waals surface area contributed by atoms with Crippen LogP contribution in [0.15, 0.2) is 35.3 Å². The highest BCUT2D eigenvalue weighted by atomic mass is 16.5. The van der Waals surface area contributed by atoms with Gasteiger partial charge in [0.15, 0.2) is 5.96 Å². The summed E-state index contributed by atoms with van der Waals surface area (Å²) in [7, 11) is 1.76.